The summed E-state index contributed by atoms with van der Waals surface area (Å²) in [5.41, 5.74) is 2.39. The van der Waals surface area contributed by atoms with Crippen LogP contribution in [-0.2, 0) is 11.2 Å². The predicted molar refractivity (Wildman–Crippen MR) is 102 cm³/mol. The van der Waals surface area contributed by atoms with Crippen molar-refractivity contribution in [1.29, 1.82) is 0 Å². The molecule has 1 aliphatic rings. The first-order chi connectivity index (χ1) is 13.1. The Bertz CT molecular complexity index is 946. The van der Waals surface area contributed by atoms with Gasteiger partial charge in [0, 0.05) is 43.3 Å². The van der Waals surface area contributed by atoms with Crippen LogP contribution < -0.4 is 4.90 Å². The third kappa shape index (κ3) is 3.63. The van der Waals surface area contributed by atoms with Crippen molar-refractivity contribution in [3.8, 4) is 0 Å². The number of anilines is 1. The van der Waals surface area contributed by atoms with Gasteiger partial charge in [0.25, 0.3) is 0 Å². The van der Waals surface area contributed by atoms with E-state index in [1.165, 1.54) is 0 Å². The minimum absolute atomic E-state index is 0.105. The molecule has 1 aromatic carbocycles. The Morgan fingerprint density at radius 3 is 2.81 bits per heavy atom. The van der Waals surface area contributed by atoms with Gasteiger partial charge in [0.2, 0.25) is 5.91 Å². The van der Waals surface area contributed by atoms with E-state index in [0.717, 1.165) is 48.4 Å². The number of hydrogen-bond donors (Lipinski definition) is 0. The maximum atomic E-state index is 12.7. The Hall–Kier alpha value is -2.96. The summed E-state index contributed by atoms with van der Waals surface area (Å²) in [6, 6.07) is 10.0. The van der Waals surface area contributed by atoms with Crippen molar-refractivity contribution in [2.45, 2.75) is 32.2 Å². The third-order valence-electron chi connectivity index (χ3n) is 5.29. The molecule has 0 aliphatic carbocycles. The number of amides is 1. The molecule has 0 N–H and O–H groups in total. The number of carbonyl (C=O) groups is 1. The van der Waals surface area contributed by atoms with E-state index >= 15 is 0 Å². The second-order valence-corrected chi connectivity index (χ2v) is 7.04. The Morgan fingerprint density at radius 1 is 1.26 bits per heavy atom. The number of para-hydroxylation sites is 1. The van der Waals surface area contributed by atoms with Gasteiger partial charge in [-0.2, -0.15) is 0 Å². The summed E-state index contributed by atoms with van der Waals surface area (Å²) in [7, 11) is 2.06. The molecular weight excluding hydrogens is 342 g/mol. The van der Waals surface area contributed by atoms with Crippen molar-refractivity contribution in [3.63, 3.8) is 0 Å². The van der Waals surface area contributed by atoms with Crippen molar-refractivity contribution in [2.24, 2.45) is 0 Å². The van der Waals surface area contributed by atoms with Gasteiger partial charge < -0.3 is 14.3 Å². The lowest BCUT2D eigenvalue weighted by atomic mass is 10.0. The van der Waals surface area contributed by atoms with Crippen molar-refractivity contribution >= 4 is 22.7 Å². The maximum absolute atomic E-state index is 12.7. The van der Waals surface area contributed by atoms with Gasteiger partial charge in [0.15, 0.2) is 5.58 Å². The molecule has 2 aromatic heterocycles. The molecule has 0 unspecified atom stereocenters. The molecule has 3 heterocycles. The van der Waals surface area contributed by atoms with Gasteiger partial charge in [0.1, 0.15) is 17.8 Å². The Balaban J connectivity index is 1.36. The van der Waals surface area contributed by atoms with E-state index in [1.807, 2.05) is 42.2 Å². The van der Waals surface area contributed by atoms with Crippen LogP contribution in [0.25, 0.3) is 11.0 Å². The topological polar surface area (TPSA) is 75.4 Å². The van der Waals surface area contributed by atoms with Crippen molar-refractivity contribution in [1.82, 2.24) is 20.0 Å². The summed E-state index contributed by atoms with van der Waals surface area (Å²) in [4.78, 5) is 25.4. The zero-order valence-electron chi connectivity index (χ0n) is 15.6. The van der Waals surface area contributed by atoms with Crippen LogP contribution in [0.2, 0.25) is 0 Å². The molecule has 1 aliphatic heterocycles. The van der Waals surface area contributed by atoms with Gasteiger partial charge in [-0.3, -0.25) is 4.79 Å². The summed E-state index contributed by atoms with van der Waals surface area (Å²) < 4.78 is 5.30. The molecule has 1 saturated heterocycles. The Morgan fingerprint density at radius 2 is 2.04 bits per heavy atom. The van der Waals surface area contributed by atoms with Crippen LogP contribution >= 0.6 is 0 Å². The lowest BCUT2D eigenvalue weighted by Crippen LogP contribution is -2.46. The molecule has 1 amide bonds. The third-order valence-corrected chi connectivity index (χ3v) is 5.29. The summed E-state index contributed by atoms with van der Waals surface area (Å²) in [5.74, 6) is 1.04. The van der Waals surface area contributed by atoms with E-state index in [1.54, 1.807) is 6.33 Å². The summed E-state index contributed by atoms with van der Waals surface area (Å²) >= 11 is 0. The molecule has 140 valence electrons. The molecule has 0 atom stereocenters. The van der Waals surface area contributed by atoms with Gasteiger partial charge in [-0.05, 0) is 31.9 Å². The fourth-order valence-corrected chi connectivity index (χ4v) is 3.64. The first kappa shape index (κ1) is 17.5. The number of nitrogens with zero attached hydrogens (tertiary/aromatic N) is 5. The molecule has 27 heavy (non-hydrogen) atoms. The number of carbonyl (C=O) groups excluding carboxylic acids is 1. The average molecular weight is 365 g/mol. The normalized spacial score (nSPS) is 15.3. The monoisotopic (exact) mass is 365 g/mol. The molecule has 7 nitrogen and oxygen atoms in total. The average Bonchev–Trinajstić information content (AvgIpc) is 3.10. The number of likely N-dealkylation sites (tertiary alicyclic amines) is 1. The van der Waals surface area contributed by atoms with Crippen LogP contribution in [0.5, 0.6) is 0 Å². The second kappa shape index (κ2) is 7.34. The van der Waals surface area contributed by atoms with E-state index < -0.39 is 0 Å². The number of benzene rings is 1. The predicted octanol–water partition coefficient (Wildman–Crippen LogP) is 2.60. The molecule has 1 fully saturated rings. The highest BCUT2D eigenvalue weighted by Gasteiger charge is 2.26. The van der Waals surface area contributed by atoms with Crippen LogP contribution in [0.15, 0.2) is 41.2 Å². The zero-order valence-corrected chi connectivity index (χ0v) is 15.6. The van der Waals surface area contributed by atoms with Gasteiger partial charge in [-0.25, -0.2) is 9.97 Å². The van der Waals surface area contributed by atoms with Crippen LogP contribution in [0.4, 0.5) is 5.82 Å². The number of hydrogen-bond acceptors (Lipinski definition) is 6. The highest BCUT2D eigenvalue weighted by atomic mass is 16.5. The fourth-order valence-electron chi connectivity index (χ4n) is 3.64. The zero-order chi connectivity index (χ0) is 18.8. The summed E-state index contributed by atoms with van der Waals surface area (Å²) in [6.45, 7) is 3.45. The minimum atomic E-state index is 0.105. The van der Waals surface area contributed by atoms with Gasteiger partial charge in [-0.15, -0.1) is 0 Å². The number of rotatable bonds is 4. The van der Waals surface area contributed by atoms with Gasteiger partial charge in [0.05, 0.1) is 6.42 Å². The fraction of sp³-hybridized carbons (Fsp3) is 0.400. The van der Waals surface area contributed by atoms with Crippen molar-refractivity contribution in [3.05, 3.63) is 48.0 Å². The molecule has 7 heteroatoms. The van der Waals surface area contributed by atoms with Crippen LogP contribution in [0, 0.1) is 6.92 Å². The number of aryl methyl sites for hydroxylation is 1. The van der Waals surface area contributed by atoms with Crippen LogP contribution in [-0.4, -0.2) is 52.1 Å². The Kier molecular flexibility index (Phi) is 4.75. The highest BCUT2D eigenvalue weighted by molar-refractivity contribution is 5.86. The number of piperidine rings is 1. The first-order valence-corrected chi connectivity index (χ1v) is 9.24. The van der Waals surface area contributed by atoms with Crippen molar-refractivity contribution < 1.29 is 9.32 Å². The van der Waals surface area contributed by atoms with E-state index in [9.17, 15) is 4.79 Å². The first-order valence-electron chi connectivity index (χ1n) is 9.24. The molecule has 3 aromatic rings. The molecular formula is C20H23N5O2. The molecule has 4 rings (SSSR count). The maximum Gasteiger partial charge on any atom is 0.228 e. The lowest BCUT2D eigenvalue weighted by Gasteiger charge is -2.37. The van der Waals surface area contributed by atoms with E-state index in [0.29, 0.717) is 11.7 Å². The van der Waals surface area contributed by atoms with E-state index in [4.69, 9.17) is 4.52 Å². The Labute approximate surface area is 158 Å². The standard InChI is InChI=1S/C20H23N5O2/c1-14-11-19(22-13-21-14)24(2)15-7-9-25(10-8-15)20(26)12-17-16-5-3-4-6-18(16)27-23-17/h3-6,11,13,15H,7-10,12H2,1-2H3. The second-order valence-electron chi connectivity index (χ2n) is 7.04. The van der Waals surface area contributed by atoms with E-state index in [2.05, 4.69) is 27.1 Å². The van der Waals surface area contributed by atoms with Gasteiger partial charge in [-0.1, -0.05) is 17.3 Å². The number of fused-ring (bicyclic) bond motifs is 1. The van der Waals surface area contributed by atoms with E-state index in [-0.39, 0.29) is 12.3 Å². The smallest absolute Gasteiger partial charge is 0.228 e. The molecule has 0 radical (unpaired) electrons. The highest BCUT2D eigenvalue weighted by Crippen LogP contribution is 2.22. The van der Waals surface area contributed by atoms with Crippen LogP contribution in [0.3, 0.4) is 0 Å². The molecule has 0 saturated carbocycles. The summed E-state index contributed by atoms with van der Waals surface area (Å²) in [6.07, 6.45) is 3.72. The lowest BCUT2D eigenvalue weighted by molar-refractivity contribution is -0.131. The summed E-state index contributed by atoms with van der Waals surface area (Å²) in [5, 5.41) is 4.99. The van der Waals surface area contributed by atoms with Crippen LogP contribution in [0.1, 0.15) is 24.2 Å². The molecule has 0 bridgehead atoms. The largest absolute Gasteiger partial charge is 0.356 e. The quantitative estimate of drug-likeness (QED) is 0.707. The van der Waals surface area contributed by atoms with Crippen molar-refractivity contribution in [2.75, 3.05) is 25.0 Å². The number of aromatic nitrogens is 3. The SMILES string of the molecule is Cc1cc(N(C)C2CCN(C(=O)Cc3noc4ccccc34)CC2)ncn1. The van der Waals surface area contributed by atoms with Gasteiger partial charge >= 0.3 is 0 Å². The minimum Gasteiger partial charge on any atom is -0.356 e. The molecule has 0 spiro atoms.